The van der Waals surface area contributed by atoms with E-state index >= 15 is 4.39 Å². The number of carbonyl (C=O) groups excluding carboxylic acids is 1. The van der Waals surface area contributed by atoms with Crippen LogP contribution in [0.1, 0.15) is 49.2 Å². The number of rotatable bonds is 4. The Morgan fingerprint density at radius 2 is 1.97 bits per heavy atom. The lowest BCUT2D eigenvalue weighted by Gasteiger charge is -2.28. The predicted octanol–water partition coefficient (Wildman–Crippen LogP) is 3.49. The van der Waals surface area contributed by atoms with Crippen LogP contribution in [0.15, 0.2) is 30.6 Å². The summed E-state index contributed by atoms with van der Waals surface area (Å²) in [5.41, 5.74) is -0.334. The average molecular weight is 525 g/mol. The lowest BCUT2D eigenvalue weighted by Crippen LogP contribution is -2.42. The lowest BCUT2D eigenvalue weighted by molar-refractivity contribution is 0.0981. The van der Waals surface area contributed by atoms with E-state index in [0.29, 0.717) is 5.56 Å². The van der Waals surface area contributed by atoms with Gasteiger partial charge in [-0.05, 0) is 32.9 Å². The summed E-state index contributed by atoms with van der Waals surface area (Å²) < 4.78 is 82.3. The van der Waals surface area contributed by atoms with Gasteiger partial charge in [-0.25, -0.2) is 30.8 Å². The average Bonchev–Trinajstić information content (AvgIpc) is 3.50. The zero-order valence-electron chi connectivity index (χ0n) is 19.6. The second-order valence-corrected chi connectivity index (χ2v) is 12.1. The maximum atomic E-state index is 15.9. The molecule has 13 heteroatoms. The minimum Gasteiger partial charge on any atom is -0.453 e. The zero-order valence-corrected chi connectivity index (χ0v) is 20.4. The van der Waals surface area contributed by atoms with E-state index in [1.165, 1.54) is 44.0 Å². The second kappa shape index (κ2) is 8.29. The minimum atomic E-state index is -4.07. The Morgan fingerprint density at radius 1 is 1.22 bits per heavy atom. The molecule has 2 aromatic heterocycles. The molecule has 0 radical (unpaired) electrons. The number of fused-ring (bicyclic) bond motifs is 2. The molecule has 0 spiro atoms. The first-order valence-corrected chi connectivity index (χ1v) is 12.6. The fourth-order valence-corrected chi connectivity index (χ4v) is 5.00. The van der Waals surface area contributed by atoms with Gasteiger partial charge in [-0.15, -0.1) is 0 Å². The lowest BCUT2D eigenvalue weighted by atomic mass is 10.0. The van der Waals surface area contributed by atoms with Gasteiger partial charge in [0.25, 0.3) is 5.91 Å². The quantitative estimate of drug-likeness (QED) is 0.558. The van der Waals surface area contributed by atoms with Crippen molar-refractivity contribution in [1.29, 1.82) is 0 Å². The molecule has 4 heterocycles. The van der Waals surface area contributed by atoms with Gasteiger partial charge in [-0.2, -0.15) is 5.10 Å². The predicted molar refractivity (Wildman–Crippen MR) is 123 cm³/mol. The summed E-state index contributed by atoms with van der Waals surface area (Å²) in [5.74, 6) is -2.12. The molecule has 0 unspecified atom stereocenters. The van der Waals surface area contributed by atoms with Crippen molar-refractivity contribution < 1.29 is 35.9 Å². The highest BCUT2D eigenvalue weighted by atomic mass is 32.2. The summed E-state index contributed by atoms with van der Waals surface area (Å²) in [6.07, 6.45) is 1.03. The van der Waals surface area contributed by atoms with Gasteiger partial charge in [0.15, 0.2) is 17.3 Å². The van der Waals surface area contributed by atoms with Crippen LogP contribution in [0.5, 0.6) is 11.5 Å². The summed E-state index contributed by atoms with van der Waals surface area (Å²) in [5, 5.41) is 3.95. The largest absolute Gasteiger partial charge is 0.453 e. The third-order valence-corrected chi connectivity index (χ3v) is 8.33. The number of nitrogens with one attached hydrogen (secondary N) is 1. The molecule has 0 bridgehead atoms. The summed E-state index contributed by atoms with van der Waals surface area (Å²) >= 11 is 0. The Labute approximate surface area is 204 Å². The Balaban J connectivity index is 1.57. The van der Waals surface area contributed by atoms with Crippen LogP contribution in [-0.4, -0.2) is 48.2 Å². The smallest absolute Gasteiger partial charge is 0.268 e. The molecule has 5 rings (SSSR count). The summed E-state index contributed by atoms with van der Waals surface area (Å²) in [7, 11) is -4.07. The van der Waals surface area contributed by atoms with Gasteiger partial charge in [0.2, 0.25) is 16.8 Å². The van der Waals surface area contributed by atoms with Crippen LogP contribution in [-0.2, 0) is 10.0 Å². The van der Waals surface area contributed by atoms with Crippen molar-refractivity contribution in [3.8, 4) is 11.5 Å². The number of pyridine rings is 1. The molecule has 1 N–H and O–H groups in total. The number of amides is 1. The number of halogens is 3. The molecular weight excluding hydrogens is 501 g/mol. The highest BCUT2D eigenvalue weighted by Gasteiger charge is 2.39. The van der Waals surface area contributed by atoms with Gasteiger partial charge < -0.3 is 14.4 Å². The molecule has 36 heavy (non-hydrogen) atoms. The van der Waals surface area contributed by atoms with Crippen LogP contribution >= 0.6 is 0 Å². The third-order valence-electron chi connectivity index (χ3n) is 6.26. The van der Waals surface area contributed by atoms with E-state index in [4.69, 9.17) is 9.47 Å². The van der Waals surface area contributed by atoms with Gasteiger partial charge >= 0.3 is 0 Å². The van der Waals surface area contributed by atoms with Crippen LogP contribution in [0.25, 0.3) is 5.52 Å². The number of alkyl halides is 1. The highest BCUT2D eigenvalue weighted by molar-refractivity contribution is 7.91. The van der Waals surface area contributed by atoms with Crippen molar-refractivity contribution in [2.24, 2.45) is 0 Å². The topological polar surface area (TPSA) is 102 Å². The minimum absolute atomic E-state index is 0.0553. The molecule has 0 saturated carbocycles. The number of benzene rings is 1. The Kier molecular flexibility index (Phi) is 5.58. The monoisotopic (exact) mass is 524 g/mol. The fraction of sp³-hybridized carbons (Fsp3) is 0.391. The first kappa shape index (κ1) is 24.2. The molecular formula is C23H23F3N4O5S. The second-order valence-electron chi connectivity index (χ2n) is 9.64. The van der Waals surface area contributed by atoms with E-state index in [1.54, 1.807) is 0 Å². The molecule has 1 saturated heterocycles. The van der Waals surface area contributed by atoms with Crippen molar-refractivity contribution in [3.05, 3.63) is 53.4 Å². The van der Waals surface area contributed by atoms with E-state index in [9.17, 15) is 22.0 Å². The Morgan fingerprint density at radius 3 is 2.69 bits per heavy atom. The summed E-state index contributed by atoms with van der Waals surface area (Å²) in [6, 6.07) is 2.94. The number of anilines is 1. The van der Waals surface area contributed by atoms with Crippen LogP contribution in [0.3, 0.4) is 0 Å². The van der Waals surface area contributed by atoms with Crippen molar-refractivity contribution >= 4 is 27.1 Å². The van der Waals surface area contributed by atoms with Gasteiger partial charge in [0.1, 0.15) is 17.5 Å². The molecule has 1 amide bonds. The number of hydrogen-bond donors (Lipinski definition) is 1. The molecule has 9 nitrogen and oxygen atoms in total. The van der Waals surface area contributed by atoms with Crippen LogP contribution < -0.4 is 19.1 Å². The van der Waals surface area contributed by atoms with E-state index < -0.39 is 44.5 Å². The summed E-state index contributed by atoms with van der Waals surface area (Å²) in [6.45, 7) is 3.92. The van der Waals surface area contributed by atoms with Gasteiger partial charge in [-0.3, -0.25) is 4.79 Å². The number of carbonyl (C=O) groups is 1. The Hall–Kier alpha value is -3.48. The normalized spacial score (nSPS) is 19.8. The zero-order chi connectivity index (χ0) is 26.0. The first-order valence-electron chi connectivity index (χ1n) is 11.1. The molecule has 2 atom stereocenters. The van der Waals surface area contributed by atoms with Gasteiger partial charge in [0.05, 0.1) is 28.2 Å². The van der Waals surface area contributed by atoms with Gasteiger partial charge in [-0.1, -0.05) is 0 Å². The van der Waals surface area contributed by atoms with Crippen LogP contribution in [0, 0.1) is 11.6 Å². The number of ether oxygens (including phenoxy) is 2. The molecule has 192 valence electrons. The van der Waals surface area contributed by atoms with E-state index in [-0.39, 0.29) is 48.0 Å². The first-order chi connectivity index (χ1) is 16.9. The van der Waals surface area contributed by atoms with E-state index in [0.717, 1.165) is 16.8 Å². The molecule has 3 aromatic rings. The molecule has 1 fully saturated rings. The standard InChI is InChI=1S/C23H23F3N4O5S/c1-23(2,3)36(32,33)28-22(31)15-9-27-30-5-4-16(19(26)20(15)30)29-10-13(25)7-17(29)14-6-12(24)8-18-21(14)35-11-34-18/h4-6,8-9,13,17H,7,10-11H2,1-3H3,(H,28,31)/t13-,17+/m0/s1. The maximum Gasteiger partial charge on any atom is 0.268 e. The van der Waals surface area contributed by atoms with Crippen molar-refractivity contribution in [2.75, 3.05) is 18.2 Å². The highest BCUT2D eigenvalue weighted by Crippen LogP contribution is 2.47. The van der Waals surface area contributed by atoms with Gasteiger partial charge in [0, 0.05) is 30.8 Å². The molecule has 2 aliphatic heterocycles. The Bertz CT molecular complexity index is 1490. The molecule has 2 aliphatic rings. The van der Waals surface area contributed by atoms with Crippen molar-refractivity contribution in [2.45, 2.75) is 44.2 Å². The molecule has 1 aromatic carbocycles. The third kappa shape index (κ3) is 3.91. The summed E-state index contributed by atoms with van der Waals surface area (Å²) in [4.78, 5) is 14.2. The molecule has 0 aliphatic carbocycles. The van der Waals surface area contributed by atoms with Crippen LogP contribution in [0.2, 0.25) is 0 Å². The van der Waals surface area contributed by atoms with E-state index in [2.05, 4.69) is 5.10 Å². The van der Waals surface area contributed by atoms with Crippen molar-refractivity contribution in [3.63, 3.8) is 0 Å². The number of aromatic nitrogens is 2. The number of nitrogens with zero attached hydrogens (tertiary/aromatic N) is 3. The van der Waals surface area contributed by atoms with Crippen LogP contribution in [0.4, 0.5) is 18.9 Å². The van der Waals surface area contributed by atoms with E-state index in [1.807, 2.05) is 4.72 Å². The maximum absolute atomic E-state index is 15.9. The SMILES string of the molecule is CC(C)(C)S(=O)(=O)NC(=O)c1cnn2ccc(N3C[C@@H](F)C[C@@H]3c3cc(F)cc4c3OCO4)c(F)c12. The fourth-order valence-electron chi connectivity index (χ4n) is 4.34. The number of sulfonamides is 1. The van der Waals surface area contributed by atoms with Crippen molar-refractivity contribution in [1.82, 2.24) is 14.3 Å². The number of hydrogen-bond acceptors (Lipinski definition) is 7.